The molecular formula is C18H23N3O3S3. The van der Waals surface area contributed by atoms with Gasteiger partial charge in [0.1, 0.15) is 9.77 Å². The second kappa shape index (κ2) is 8.64. The fraction of sp³-hybridized carbons (Fsp3) is 0.389. The third-order valence-corrected chi connectivity index (χ3v) is 8.23. The smallest absolute Gasteiger partial charge is 0.263 e. The molecule has 1 saturated heterocycles. The highest BCUT2D eigenvalue weighted by molar-refractivity contribution is 7.99. The monoisotopic (exact) mass is 425 g/mol. The quantitative estimate of drug-likeness (QED) is 0.770. The molecule has 0 bridgehead atoms. The van der Waals surface area contributed by atoms with E-state index in [0.29, 0.717) is 19.6 Å². The van der Waals surface area contributed by atoms with E-state index in [4.69, 9.17) is 0 Å². The van der Waals surface area contributed by atoms with Crippen LogP contribution < -0.4 is 10.2 Å². The van der Waals surface area contributed by atoms with Crippen molar-refractivity contribution in [3.8, 4) is 0 Å². The number of sulfonamides is 1. The zero-order valence-corrected chi connectivity index (χ0v) is 17.8. The van der Waals surface area contributed by atoms with Crippen LogP contribution in [0.25, 0.3) is 0 Å². The van der Waals surface area contributed by atoms with E-state index in [9.17, 15) is 13.2 Å². The van der Waals surface area contributed by atoms with E-state index in [2.05, 4.69) is 5.32 Å². The molecule has 27 heavy (non-hydrogen) atoms. The van der Waals surface area contributed by atoms with Gasteiger partial charge in [0.15, 0.2) is 0 Å². The van der Waals surface area contributed by atoms with Crippen molar-refractivity contribution in [3.05, 3.63) is 46.2 Å². The maximum Gasteiger partial charge on any atom is 0.263 e. The predicted molar refractivity (Wildman–Crippen MR) is 112 cm³/mol. The molecule has 1 aliphatic rings. The van der Waals surface area contributed by atoms with Gasteiger partial charge in [0.25, 0.3) is 5.91 Å². The van der Waals surface area contributed by atoms with Gasteiger partial charge in [0.2, 0.25) is 10.0 Å². The normalized spacial score (nSPS) is 15.5. The van der Waals surface area contributed by atoms with Crippen molar-refractivity contribution in [3.63, 3.8) is 0 Å². The number of thioether (sulfide) groups is 1. The summed E-state index contributed by atoms with van der Waals surface area (Å²) in [4.78, 5) is 15.0. The number of hydrogen-bond donors (Lipinski definition) is 1. The lowest BCUT2D eigenvalue weighted by molar-refractivity contribution is 0.0952. The van der Waals surface area contributed by atoms with E-state index in [0.717, 1.165) is 34.1 Å². The number of anilines is 1. The Morgan fingerprint density at radius 1 is 1.22 bits per heavy atom. The molecule has 1 N–H and O–H groups in total. The van der Waals surface area contributed by atoms with Gasteiger partial charge in [-0.15, -0.1) is 11.3 Å². The topological polar surface area (TPSA) is 69.7 Å². The first-order valence-electron chi connectivity index (χ1n) is 8.59. The standard InChI is InChI=1S/C18H23N3O3S3/c1-20(2)15-5-3-4-14(12-15)13-19-18(22)17-16(6-9-26-17)27(23,24)21-7-10-25-11-8-21/h3-6,9,12H,7-8,10-11,13H2,1-2H3,(H,19,22). The molecule has 6 nitrogen and oxygen atoms in total. The average molecular weight is 426 g/mol. The molecule has 2 aromatic rings. The SMILES string of the molecule is CN(C)c1cccc(CNC(=O)c2sccc2S(=O)(=O)N2CCSCC2)c1. The summed E-state index contributed by atoms with van der Waals surface area (Å²) >= 11 is 2.91. The second-order valence-electron chi connectivity index (χ2n) is 6.38. The van der Waals surface area contributed by atoms with E-state index in [-0.39, 0.29) is 15.7 Å². The first-order valence-corrected chi connectivity index (χ1v) is 12.1. The largest absolute Gasteiger partial charge is 0.378 e. The van der Waals surface area contributed by atoms with Crippen LogP contribution in [0.2, 0.25) is 0 Å². The summed E-state index contributed by atoms with van der Waals surface area (Å²) in [7, 11) is 0.283. The van der Waals surface area contributed by atoms with Crippen LogP contribution in [-0.2, 0) is 16.6 Å². The third-order valence-electron chi connectivity index (χ3n) is 4.30. The lowest BCUT2D eigenvalue weighted by Gasteiger charge is -2.25. The van der Waals surface area contributed by atoms with Crippen LogP contribution in [-0.4, -0.2) is 57.3 Å². The van der Waals surface area contributed by atoms with Crippen molar-refractivity contribution in [2.75, 3.05) is 43.6 Å². The molecule has 1 amide bonds. The second-order valence-corrected chi connectivity index (χ2v) is 10.4. The van der Waals surface area contributed by atoms with Crippen LogP contribution in [0.3, 0.4) is 0 Å². The van der Waals surface area contributed by atoms with Crippen LogP contribution in [0.5, 0.6) is 0 Å². The Morgan fingerprint density at radius 3 is 2.67 bits per heavy atom. The maximum atomic E-state index is 12.9. The number of carbonyl (C=O) groups is 1. The molecule has 1 aliphatic heterocycles. The van der Waals surface area contributed by atoms with E-state index in [1.807, 2.05) is 43.3 Å². The number of nitrogens with zero attached hydrogens (tertiary/aromatic N) is 2. The maximum absolute atomic E-state index is 12.9. The molecule has 1 fully saturated rings. The molecule has 0 atom stereocenters. The van der Waals surface area contributed by atoms with Gasteiger partial charge in [0, 0.05) is 50.9 Å². The number of benzene rings is 1. The third kappa shape index (κ3) is 4.66. The number of nitrogens with one attached hydrogen (secondary N) is 1. The predicted octanol–water partition coefficient (Wildman–Crippen LogP) is 2.48. The van der Waals surface area contributed by atoms with E-state index in [1.54, 1.807) is 17.1 Å². The van der Waals surface area contributed by atoms with Crippen LogP contribution in [0.4, 0.5) is 5.69 Å². The van der Waals surface area contributed by atoms with Gasteiger partial charge in [-0.1, -0.05) is 12.1 Å². The van der Waals surface area contributed by atoms with Gasteiger partial charge in [-0.3, -0.25) is 4.79 Å². The van der Waals surface area contributed by atoms with Gasteiger partial charge >= 0.3 is 0 Å². The summed E-state index contributed by atoms with van der Waals surface area (Å²) in [5, 5.41) is 4.51. The van der Waals surface area contributed by atoms with Crippen molar-refractivity contribution in [1.82, 2.24) is 9.62 Å². The highest BCUT2D eigenvalue weighted by Crippen LogP contribution is 2.27. The molecule has 0 unspecified atom stereocenters. The molecule has 0 saturated carbocycles. The van der Waals surface area contributed by atoms with Gasteiger partial charge in [-0.05, 0) is 29.1 Å². The van der Waals surface area contributed by atoms with Crippen molar-refractivity contribution < 1.29 is 13.2 Å². The van der Waals surface area contributed by atoms with E-state index >= 15 is 0 Å². The fourth-order valence-electron chi connectivity index (χ4n) is 2.80. The van der Waals surface area contributed by atoms with E-state index in [1.165, 1.54) is 10.4 Å². The molecule has 1 aromatic heterocycles. The first-order chi connectivity index (χ1) is 12.9. The summed E-state index contributed by atoms with van der Waals surface area (Å²) in [5.74, 6) is 1.21. The van der Waals surface area contributed by atoms with Crippen LogP contribution in [0.1, 0.15) is 15.2 Å². The molecule has 0 spiro atoms. The summed E-state index contributed by atoms with van der Waals surface area (Å²) in [6.45, 7) is 1.32. The lowest BCUT2D eigenvalue weighted by atomic mass is 10.2. The van der Waals surface area contributed by atoms with Crippen molar-refractivity contribution in [2.24, 2.45) is 0 Å². The minimum absolute atomic E-state index is 0.110. The Bertz CT molecular complexity index is 903. The summed E-state index contributed by atoms with van der Waals surface area (Å²) < 4.78 is 27.3. The Morgan fingerprint density at radius 2 is 1.96 bits per heavy atom. The Hall–Kier alpha value is -1.55. The molecule has 1 aromatic carbocycles. The fourth-order valence-corrected chi connectivity index (χ4v) is 6.69. The number of rotatable bonds is 6. The van der Waals surface area contributed by atoms with E-state index < -0.39 is 10.0 Å². The minimum atomic E-state index is -3.63. The van der Waals surface area contributed by atoms with Crippen LogP contribution >= 0.6 is 23.1 Å². The Kier molecular flexibility index (Phi) is 6.46. The lowest BCUT2D eigenvalue weighted by Crippen LogP contribution is -2.38. The average Bonchev–Trinajstić information content (AvgIpc) is 3.18. The van der Waals surface area contributed by atoms with Gasteiger partial charge in [0.05, 0.1) is 0 Å². The number of thiophene rings is 1. The van der Waals surface area contributed by atoms with Gasteiger partial charge < -0.3 is 10.2 Å². The molecule has 0 radical (unpaired) electrons. The minimum Gasteiger partial charge on any atom is -0.378 e. The molecule has 3 rings (SSSR count). The zero-order chi connectivity index (χ0) is 19.4. The first kappa shape index (κ1) is 20.2. The van der Waals surface area contributed by atoms with Gasteiger partial charge in [-0.25, -0.2) is 8.42 Å². The summed E-state index contributed by atoms with van der Waals surface area (Å²) in [6.07, 6.45) is 0. The highest BCUT2D eigenvalue weighted by Gasteiger charge is 2.31. The van der Waals surface area contributed by atoms with Crippen molar-refractivity contribution in [2.45, 2.75) is 11.4 Å². The molecule has 146 valence electrons. The zero-order valence-electron chi connectivity index (χ0n) is 15.3. The van der Waals surface area contributed by atoms with Crippen LogP contribution in [0, 0.1) is 0 Å². The number of carbonyl (C=O) groups excluding carboxylic acids is 1. The summed E-state index contributed by atoms with van der Waals surface area (Å²) in [5.41, 5.74) is 2.01. The Balaban J connectivity index is 1.73. The van der Waals surface area contributed by atoms with Crippen molar-refractivity contribution >= 4 is 44.7 Å². The van der Waals surface area contributed by atoms with Crippen LogP contribution in [0.15, 0.2) is 40.6 Å². The van der Waals surface area contributed by atoms with Crippen molar-refractivity contribution in [1.29, 1.82) is 0 Å². The number of hydrogen-bond acceptors (Lipinski definition) is 6. The Labute approximate surface area is 168 Å². The molecule has 2 heterocycles. The van der Waals surface area contributed by atoms with Gasteiger partial charge in [-0.2, -0.15) is 16.1 Å². The summed E-state index contributed by atoms with van der Waals surface area (Å²) in [6, 6.07) is 9.39. The number of amides is 1. The molecule has 0 aliphatic carbocycles. The highest BCUT2D eigenvalue weighted by atomic mass is 32.2. The molecule has 9 heteroatoms. The molecular weight excluding hydrogens is 402 g/mol.